The van der Waals surface area contributed by atoms with Gasteiger partial charge in [-0.3, -0.25) is 4.79 Å². The van der Waals surface area contributed by atoms with Crippen LogP contribution in [-0.2, 0) is 24.8 Å². The summed E-state index contributed by atoms with van der Waals surface area (Å²) in [6.07, 6.45) is 1.22. The zero-order valence-corrected chi connectivity index (χ0v) is 18.6. The van der Waals surface area contributed by atoms with Crippen molar-refractivity contribution in [2.75, 3.05) is 27.2 Å². The lowest BCUT2D eigenvalue weighted by Gasteiger charge is -2.33. The molecular formula is C18H29N3O5S2. The maximum absolute atomic E-state index is 13.0. The number of rotatable bonds is 5. The van der Waals surface area contributed by atoms with Crippen LogP contribution in [0.2, 0.25) is 0 Å². The molecule has 1 amide bonds. The molecule has 0 bridgehead atoms. The van der Waals surface area contributed by atoms with E-state index in [2.05, 4.69) is 5.32 Å². The number of hydrogen-bond donors (Lipinski definition) is 1. The Bertz CT molecular complexity index is 917. The van der Waals surface area contributed by atoms with Crippen molar-refractivity contribution in [3.05, 3.63) is 24.3 Å². The Morgan fingerprint density at radius 3 is 2.11 bits per heavy atom. The Hall–Kier alpha value is -1.49. The molecule has 1 aliphatic rings. The second kappa shape index (κ2) is 8.10. The molecule has 1 atom stereocenters. The third-order valence-electron chi connectivity index (χ3n) is 4.49. The molecule has 0 spiro atoms. The van der Waals surface area contributed by atoms with Crippen LogP contribution in [0.4, 0.5) is 0 Å². The van der Waals surface area contributed by atoms with Crippen LogP contribution in [0.25, 0.3) is 0 Å². The number of carbonyl (C=O) groups excluding carboxylic acids is 1. The minimum Gasteiger partial charge on any atom is -0.351 e. The van der Waals surface area contributed by atoms with Crippen LogP contribution in [0.5, 0.6) is 0 Å². The van der Waals surface area contributed by atoms with Gasteiger partial charge in [-0.2, -0.15) is 4.31 Å². The average Bonchev–Trinajstić information content (AvgIpc) is 2.60. The molecule has 0 saturated carbocycles. The summed E-state index contributed by atoms with van der Waals surface area (Å²) in [7, 11) is -4.61. The number of nitrogens with one attached hydrogen (secondary N) is 1. The molecule has 1 aromatic rings. The van der Waals surface area contributed by atoms with Crippen LogP contribution < -0.4 is 5.32 Å². The largest absolute Gasteiger partial charge is 0.351 e. The molecule has 1 fully saturated rings. The van der Waals surface area contributed by atoms with Gasteiger partial charge in [0.15, 0.2) is 0 Å². The average molecular weight is 432 g/mol. The van der Waals surface area contributed by atoms with Crippen molar-refractivity contribution < 1.29 is 21.6 Å². The molecule has 0 radical (unpaired) electrons. The van der Waals surface area contributed by atoms with Crippen molar-refractivity contribution in [3.63, 3.8) is 0 Å². The van der Waals surface area contributed by atoms with Crippen molar-refractivity contribution in [2.45, 2.75) is 48.9 Å². The second-order valence-corrected chi connectivity index (χ2v) is 12.3. The van der Waals surface area contributed by atoms with Gasteiger partial charge in [-0.05, 0) is 57.9 Å². The summed E-state index contributed by atoms with van der Waals surface area (Å²) < 4.78 is 52.6. The number of piperidine rings is 1. The lowest BCUT2D eigenvalue weighted by atomic mass is 9.97. The summed E-state index contributed by atoms with van der Waals surface area (Å²) in [5.74, 6) is -0.559. The van der Waals surface area contributed by atoms with Crippen molar-refractivity contribution in [3.8, 4) is 0 Å². The Morgan fingerprint density at radius 2 is 1.61 bits per heavy atom. The highest BCUT2D eigenvalue weighted by atomic mass is 32.2. The SMILES string of the molecule is CN(C)S(=O)(=O)c1ccc(S(=O)(=O)N2CCC[C@H](C(=O)NC(C)(C)C)C2)cc1. The minimum absolute atomic E-state index is 0.0158. The van der Waals surface area contributed by atoms with E-state index in [0.29, 0.717) is 19.4 Å². The van der Waals surface area contributed by atoms with E-state index in [4.69, 9.17) is 0 Å². The lowest BCUT2D eigenvalue weighted by molar-refractivity contribution is -0.127. The molecule has 10 heteroatoms. The van der Waals surface area contributed by atoms with Gasteiger partial charge in [-0.1, -0.05) is 0 Å². The maximum Gasteiger partial charge on any atom is 0.243 e. The summed E-state index contributed by atoms with van der Waals surface area (Å²) >= 11 is 0. The van der Waals surface area contributed by atoms with E-state index in [1.807, 2.05) is 20.8 Å². The predicted octanol–water partition coefficient (Wildman–Crippen LogP) is 1.25. The van der Waals surface area contributed by atoms with Crippen molar-refractivity contribution in [1.82, 2.24) is 13.9 Å². The molecule has 2 rings (SSSR count). The quantitative estimate of drug-likeness (QED) is 0.756. The first-order valence-corrected chi connectivity index (χ1v) is 12.0. The van der Waals surface area contributed by atoms with E-state index in [-0.39, 0.29) is 27.8 Å². The number of benzene rings is 1. The Kier molecular flexibility index (Phi) is 6.59. The van der Waals surface area contributed by atoms with Crippen LogP contribution in [-0.4, -0.2) is 64.1 Å². The number of amides is 1. The predicted molar refractivity (Wildman–Crippen MR) is 107 cm³/mol. The fourth-order valence-electron chi connectivity index (χ4n) is 2.99. The van der Waals surface area contributed by atoms with E-state index in [1.165, 1.54) is 42.7 Å². The molecule has 0 aliphatic carbocycles. The van der Waals surface area contributed by atoms with Crippen LogP contribution in [0.1, 0.15) is 33.6 Å². The summed E-state index contributed by atoms with van der Waals surface area (Å²) in [5.41, 5.74) is -0.383. The van der Waals surface area contributed by atoms with Gasteiger partial charge in [0, 0.05) is 32.7 Å². The molecule has 1 N–H and O–H groups in total. The number of carbonyl (C=O) groups is 1. The van der Waals surface area contributed by atoms with Gasteiger partial charge >= 0.3 is 0 Å². The first-order valence-electron chi connectivity index (χ1n) is 9.10. The van der Waals surface area contributed by atoms with Gasteiger partial charge in [-0.25, -0.2) is 21.1 Å². The highest BCUT2D eigenvalue weighted by Crippen LogP contribution is 2.25. The van der Waals surface area contributed by atoms with Crippen LogP contribution in [0.15, 0.2) is 34.1 Å². The van der Waals surface area contributed by atoms with E-state index < -0.39 is 26.0 Å². The minimum atomic E-state index is -3.81. The van der Waals surface area contributed by atoms with Crippen molar-refractivity contribution in [2.24, 2.45) is 5.92 Å². The van der Waals surface area contributed by atoms with Gasteiger partial charge < -0.3 is 5.32 Å². The first kappa shape index (κ1) is 22.8. The number of nitrogens with zero attached hydrogens (tertiary/aromatic N) is 2. The third-order valence-corrected chi connectivity index (χ3v) is 8.20. The molecule has 0 unspecified atom stereocenters. The highest BCUT2D eigenvalue weighted by molar-refractivity contribution is 7.89. The molecule has 0 aromatic heterocycles. The zero-order chi connectivity index (χ0) is 21.3. The van der Waals surface area contributed by atoms with Gasteiger partial charge in [0.2, 0.25) is 26.0 Å². The molecule has 1 heterocycles. The molecular weight excluding hydrogens is 402 g/mol. The number of hydrogen-bond acceptors (Lipinski definition) is 5. The van der Waals surface area contributed by atoms with Crippen LogP contribution >= 0.6 is 0 Å². The number of sulfonamides is 2. The monoisotopic (exact) mass is 431 g/mol. The smallest absolute Gasteiger partial charge is 0.243 e. The third kappa shape index (κ3) is 5.11. The van der Waals surface area contributed by atoms with Crippen molar-refractivity contribution >= 4 is 26.0 Å². The molecule has 158 valence electrons. The second-order valence-electron chi connectivity index (χ2n) is 8.20. The lowest BCUT2D eigenvalue weighted by Crippen LogP contribution is -2.49. The highest BCUT2D eigenvalue weighted by Gasteiger charge is 2.34. The van der Waals surface area contributed by atoms with Crippen LogP contribution in [0.3, 0.4) is 0 Å². The molecule has 1 aliphatic heterocycles. The molecule has 8 nitrogen and oxygen atoms in total. The van der Waals surface area contributed by atoms with Crippen molar-refractivity contribution in [1.29, 1.82) is 0 Å². The van der Waals surface area contributed by atoms with E-state index in [0.717, 1.165) is 4.31 Å². The fraction of sp³-hybridized carbons (Fsp3) is 0.611. The molecule has 28 heavy (non-hydrogen) atoms. The van der Waals surface area contributed by atoms with Gasteiger partial charge in [0.25, 0.3) is 0 Å². The summed E-state index contributed by atoms with van der Waals surface area (Å²) in [4.78, 5) is 12.5. The normalized spacial score (nSPS) is 19.6. The summed E-state index contributed by atoms with van der Waals surface area (Å²) in [6.45, 7) is 6.09. The topological polar surface area (TPSA) is 104 Å². The summed E-state index contributed by atoms with van der Waals surface area (Å²) in [5, 5.41) is 2.90. The maximum atomic E-state index is 13.0. The fourth-order valence-corrected chi connectivity index (χ4v) is 5.42. The first-order chi connectivity index (χ1) is 12.7. The van der Waals surface area contributed by atoms with Gasteiger partial charge in [0.05, 0.1) is 15.7 Å². The zero-order valence-electron chi connectivity index (χ0n) is 17.0. The van der Waals surface area contributed by atoms with E-state index >= 15 is 0 Å². The Morgan fingerprint density at radius 1 is 1.07 bits per heavy atom. The molecule has 1 saturated heterocycles. The van der Waals surface area contributed by atoms with Gasteiger partial charge in [0.1, 0.15) is 0 Å². The van der Waals surface area contributed by atoms with Crippen LogP contribution in [0, 0.1) is 5.92 Å². The Balaban J connectivity index is 2.21. The summed E-state index contributed by atoms with van der Waals surface area (Å²) in [6, 6.07) is 5.17. The van der Waals surface area contributed by atoms with Gasteiger partial charge in [-0.15, -0.1) is 0 Å². The standard InChI is InChI=1S/C18H29N3O5S2/c1-18(2,3)19-17(22)14-7-6-12-21(13-14)28(25,26)16-10-8-15(9-11-16)27(23,24)20(4)5/h8-11,14H,6-7,12-13H2,1-5H3,(H,19,22)/t14-/m0/s1. The van der Waals surface area contributed by atoms with E-state index in [9.17, 15) is 21.6 Å². The molecule has 1 aromatic carbocycles. The van der Waals surface area contributed by atoms with E-state index in [1.54, 1.807) is 0 Å². The Labute approximate surface area is 168 Å².